The van der Waals surface area contributed by atoms with Crippen LogP contribution < -0.4 is 0 Å². The fourth-order valence-corrected chi connectivity index (χ4v) is 2.84. The molecule has 1 atom stereocenters. The third-order valence-corrected chi connectivity index (χ3v) is 4.20. The van der Waals surface area contributed by atoms with Gasteiger partial charge in [0.05, 0.1) is 6.20 Å². The van der Waals surface area contributed by atoms with Crippen molar-refractivity contribution in [2.45, 2.75) is 12.5 Å². The van der Waals surface area contributed by atoms with Crippen molar-refractivity contribution in [2.75, 3.05) is 0 Å². The Morgan fingerprint density at radius 2 is 1.78 bits per heavy atom. The standard InChI is InChI=1S/C20H16N4O3/c25-20(26)17-13-27-19(21-17)18(11-14-7-3-1-4-8-14)24-12-16(22-23-24)15-9-5-2-6-10-15/h1-10,12-13,18H,11H2,(H,25,26)/t18-/m0/s1. The lowest BCUT2D eigenvalue weighted by atomic mass is 10.1. The van der Waals surface area contributed by atoms with Gasteiger partial charge in [0, 0.05) is 12.0 Å². The molecule has 4 aromatic rings. The van der Waals surface area contributed by atoms with E-state index in [4.69, 9.17) is 9.52 Å². The number of aromatic carboxylic acids is 1. The van der Waals surface area contributed by atoms with Gasteiger partial charge < -0.3 is 9.52 Å². The Hall–Kier alpha value is -3.74. The molecule has 4 rings (SSSR count). The van der Waals surface area contributed by atoms with E-state index in [9.17, 15) is 4.79 Å². The molecule has 2 heterocycles. The first-order valence-corrected chi connectivity index (χ1v) is 8.40. The van der Waals surface area contributed by atoms with Gasteiger partial charge in [-0.1, -0.05) is 65.9 Å². The average molecular weight is 360 g/mol. The zero-order chi connectivity index (χ0) is 18.6. The first-order chi connectivity index (χ1) is 13.2. The van der Waals surface area contributed by atoms with Crippen LogP contribution in [0, 0.1) is 0 Å². The van der Waals surface area contributed by atoms with Crippen molar-refractivity contribution in [3.05, 3.63) is 90.3 Å². The van der Waals surface area contributed by atoms with Crippen LogP contribution >= 0.6 is 0 Å². The maximum Gasteiger partial charge on any atom is 0.357 e. The van der Waals surface area contributed by atoms with Gasteiger partial charge in [-0.25, -0.2) is 14.5 Å². The summed E-state index contributed by atoms with van der Waals surface area (Å²) in [6.07, 6.45) is 3.50. The van der Waals surface area contributed by atoms with E-state index >= 15 is 0 Å². The third-order valence-electron chi connectivity index (χ3n) is 4.20. The number of hydrogen-bond acceptors (Lipinski definition) is 5. The van der Waals surface area contributed by atoms with Gasteiger partial charge in [-0.05, 0) is 5.56 Å². The predicted molar refractivity (Wildman–Crippen MR) is 97.2 cm³/mol. The third kappa shape index (κ3) is 3.62. The van der Waals surface area contributed by atoms with Crippen molar-refractivity contribution in [1.29, 1.82) is 0 Å². The molecule has 0 saturated heterocycles. The van der Waals surface area contributed by atoms with Crippen molar-refractivity contribution < 1.29 is 14.3 Å². The Morgan fingerprint density at radius 1 is 1.07 bits per heavy atom. The van der Waals surface area contributed by atoms with E-state index in [1.54, 1.807) is 4.68 Å². The van der Waals surface area contributed by atoms with Gasteiger partial charge in [-0.15, -0.1) is 5.10 Å². The molecule has 7 heteroatoms. The Kier molecular flexibility index (Phi) is 4.49. The van der Waals surface area contributed by atoms with E-state index in [0.717, 1.165) is 23.1 Å². The molecule has 0 saturated carbocycles. The number of aromatic nitrogens is 4. The summed E-state index contributed by atoms with van der Waals surface area (Å²) in [7, 11) is 0. The van der Waals surface area contributed by atoms with Gasteiger partial charge in [-0.3, -0.25) is 0 Å². The fraction of sp³-hybridized carbons (Fsp3) is 0.100. The molecule has 1 N–H and O–H groups in total. The number of carbonyl (C=O) groups is 1. The van der Waals surface area contributed by atoms with Gasteiger partial charge in [0.1, 0.15) is 18.0 Å². The fourth-order valence-electron chi connectivity index (χ4n) is 2.84. The van der Waals surface area contributed by atoms with Crippen LogP contribution in [0.4, 0.5) is 0 Å². The average Bonchev–Trinajstić information content (AvgIpc) is 3.38. The maximum atomic E-state index is 11.2. The zero-order valence-corrected chi connectivity index (χ0v) is 14.3. The summed E-state index contributed by atoms with van der Waals surface area (Å²) in [6, 6.07) is 19.1. The van der Waals surface area contributed by atoms with E-state index in [-0.39, 0.29) is 11.6 Å². The van der Waals surface area contributed by atoms with Crippen molar-refractivity contribution in [2.24, 2.45) is 0 Å². The molecule has 27 heavy (non-hydrogen) atoms. The number of nitrogens with zero attached hydrogens (tertiary/aromatic N) is 4. The monoisotopic (exact) mass is 360 g/mol. The van der Waals surface area contributed by atoms with Crippen LogP contribution in [0.3, 0.4) is 0 Å². The molecule has 0 fully saturated rings. The largest absolute Gasteiger partial charge is 0.476 e. The molecule has 134 valence electrons. The Labute approximate surface area is 154 Å². The van der Waals surface area contributed by atoms with E-state index in [1.165, 1.54) is 0 Å². The molecule has 7 nitrogen and oxygen atoms in total. The molecule has 0 radical (unpaired) electrons. The molecule has 2 aromatic carbocycles. The van der Waals surface area contributed by atoms with Crippen molar-refractivity contribution in [1.82, 2.24) is 20.0 Å². The highest BCUT2D eigenvalue weighted by Gasteiger charge is 2.23. The van der Waals surface area contributed by atoms with Crippen LogP contribution in [-0.4, -0.2) is 31.1 Å². The minimum absolute atomic E-state index is 0.133. The van der Waals surface area contributed by atoms with E-state index in [1.807, 2.05) is 66.9 Å². The minimum atomic E-state index is -1.13. The smallest absolute Gasteiger partial charge is 0.357 e. The molecule has 0 unspecified atom stereocenters. The lowest BCUT2D eigenvalue weighted by Crippen LogP contribution is -2.15. The normalized spacial score (nSPS) is 12.0. The van der Waals surface area contributed by atoms with Gasteiger partial charge >= 0.3 is 5.97 Å². The van der Waals surface area contributed by atoms with Crippen molar-refractivity contribution >= 4 is 5.97 Å². The lowest BCUT2D eigenvalue weighted by molar-refractivity contribution is 0.0690. The first kappa shape index (κ1) is 16.7. The number of hydrogen-bond donors (Lipinski definition) is 1. The second-order valence-corrected chi connectivity index (χ2v) is 6.03. The summed E-state index contributed by atoms with van der Waals surface area (Å²) in [5, 5.41) is 17.6. The van der Waals surface area contributed by atoms with Gasteiger partial charge in [0.25, 0.3) is 0 Å². The Bertz CT molecular complexity index is 1040. The summed E-state index contributed by atoms with van der Waals surface area (Å²) < 4.78 is 7.11. The van der Waals surface area contributed by atoms with Crippen LogP contribution in [0.15, 0.2) is 77.5 Å². The van der Waals surface area contributed by atoms with E-state index < -0.39 is 12.0 Å². The molecule has 2 aromatic heterocycles. The van der Waals surface area contributed by atoms with E-state index in [2.05, 4.69) is 15.3 Å². The van der Waals surface area contributed by atoms with Gasteiger partial charge in [0.2, 0.25) is 5.89 Å². The second kappa shape index (κ2) is 7.25. The number of carboxylic acid groups (broad SMARTS) is 1. The summed E-state index contributed by atoms with van der Waals surface area (Å²) in [5.41, 5.74) is 2.58. The molecule has 0 bridgehead atoms. The molecule has 0 amide bonds. The molecule has 0 aliphatic carbocycles. The maximum absolute atomic E-state index is 11.2. The van der Waals surface area contributed by atoms with Gasteiger partial charge in [0.15, 0.2) is 5.69 Å². The molecular weight excluding hydrogens is 344 g/mol. The van der Waals surface area contributed by atoms with Crippen LogP contribution in [0.5, 0.6) is 0 Å². The Morgan fingerprint density at radius 3 is 2.44 bits per heavy atom. The van der Waals surface area contributed by atoms with Crippen LogP contribution in [0.2, 0.25) is 0 Å². The minimum Gasteiger partial charge on any atom is -0.476 e. The highest BCUT2D eigenvalue weighted by molar-refractivity contribution is 5.84. The van der Waals surface area contributed by atoms with Crippen LogP contribution in [0.25, 0.3) is 11.3 Å². The highest BCUT2D eigenvalue weighted by Crippen LogP contribution is 2.24. The predicted octanol–water partition coefficient (Wildman–Crippen LogP) is 3.46. The summed E-state index contributed by atoms with van der Waals surface area (Å²) in [4.78, 5) is 15.3. The SMILES string of the molecule is O=C(O)c1coc([C@H](Cc2ccccc2)n2cc(-c3ccccc3)nn2)n1. The second-order valence-electron chi connectivity index (χ2n) is 6.03. The molecule has 0 aliphatic rings. The number of carboxylic acids is 1. The first-order valence-electron chi connectivity index (χ1n) is 8.40. The van der Waals surface area contributed by atoms with E-state index in [0.29, 0.717) is 6.42 Å². The van der Waals surface area contributed by atoms with Gasteiger partial charge in [-0.2, -0.15) is 0 Å². The number of rotatable bonds is 6. The summed E-state index contributed by atoms with van der Waals surface area (Å²) in [6.45, 7) is 0. The van der Waals surface area contributed by atoms with Crippen molar-refractivity contribution in [3.8, 4) is 11.3 Å². The quantitative estimate of drug-likeness (QED) is 0.566. The molecule has 0 spiro atoms. The Balaban J connectivity index is 1.71. The number of benzene rings is 2. The van der Waals surface area contributed by atoms with Crippen LogP contribution in [0.1, 0.15) is 28.0 Å². The molecular formula is C20H16N4O3. The topological polar surface area (TPSA) is 94.0 Å². The summed E-state index contributed by atoms with van der Waals surface area (Å²) in [5.74, 6) is -0.854. The summed E-state index contributed by atoms with van der Waals surface area (Å²) >= 11 is 0. The lowest BCUT2D eigenvalue weighted by Gasteiger charge is -2.13. The van der Waals surface area contributed by atoms with Crippen molar-refractivity contribution in [3.63, 3.8) is 0 Å². The number of oxazole rings is 1. The highest BCUT2D eigenvalue weighted by atomic mass is 16.4. The van der Waals surface area contributed by atoms with Crippen LogP contribution in [-0.2, 0) is 6.42 Å². The molecule has 0 aliphatic heterocycles. The zero-order valence-electron chi connectivity index (χ0n) is 14.3.